The summed E-state index contributed by atoms with van der Waals surface area (Å²) in [6.45, 7) is 4.02. The zero-order chi connectivity index (χ0) is 18.7. The lowest BCUT2D eigenvalue weighted by atomic mass is 9.69. The molecular formula is C22H23NO3. The molecule has 1 N–H and O–H groups in total. The first kappa shape index (κ1) is 17.9. The van der Waals surface area contributed by atoms with E-state index >= 15 is 0 Å². The van der Waals surface area contributed by atoms with Crippen LogP contribution >= 0.6 is 0 Å². The molecule has 4 heteroatoms. The molecular weight excluding hydrogens is 326 g/mol. The summed E-state index contributed by atoms with van der Waals surface area (Å²) < 4.78 is 5.11. The Morgan fingerprint density at radius 3 is 2.38 bits per heavy atom. The summed E-state index contributed by atoms with van der Waals surface area (Å²) in [7, 11) is 1.39. The van der Waals surface area contributed by atoms with Gasteiger partial charge in [-0.15, -0.1) is 0 Å². The van der Waals surface area contributed by atoms with Crippen molar-refractivity contribution < 1.29 is 14.3 Å². The Hall–Kier alpha value is -2.88. The maximum atomic E-state index is 13.2. The van der Waals surface area contributed by atoms with Crippen molar-refractivity contribution in [3.05, 3.63) is 83.1 Å². The van der Waals surface area contributed by atoms with E-state index in [-0.39, 0.29) is 17.8 Å². The van der Waals surface area contributed by atoms with Crippen LogP contribution < -0.4 is 5.32 Å². The molecule has 0 heterocycles. The van der Waals surface area contributed by atoms with Gasteiger partial charge in [-0.1, -0.05) is 54.6 Å². The summed E-state index contributed by atoms with van der Waals surface area (Å²) in [6.07, 6.45) is 1.76. The van der Waals surface area contributed by atoms with Crippen LogP contribution in [0.5, 0.6) is 0 Å². The van der Waals surface area contributed by atoms with Crippen molar-refractivity contribution in [1.29, 1.82) is 0 Å². The molecule has 0 amide bonds. The topological polar surface area (TPSA) is 55.4 Å². The number of carbonyl (C=O) groups excluding carboxylic acids is 2. The normalized spacial score (nSPS) is 20.8. The number of esters is 1. The van der Waals surface area contributed by atoms with Crippen molar-refractivity contribution in [2.24, 2.45) is 0 Å². The number of hydrogen-bond donors (Lipinski definition) is 1. The highest BCUT2D eigenvalue weighted by Gasteiger charge is 2.43. The van der Waals surface area contributed by atoms with Crippen LogP contribution in [0.15, 0.2) is 66.4 Å². The molecule has 1 aliphatic carbocycles. The van der Waals surface area contributed by atoms with Gasteiger partial charge in [-0.3, -0.25) is 9.59 Å². The van der Waals surface area contributed by atoms with Gasteiger partial charge in [-0.05, 0) is 25.0 Å². The van der Waals surface area contributed by atoms with E-state index in [9.17, 15) is 9.59 Å². The first-order chi connectivity index (χ1) is 12.5. The zero-order valence-electron chi connectivity index (χ0n) is 15.2. The number of Topliss-reactive ketones (excluding diaryl/α,β-unsaturated/α-hetero) is 1. The predicted molar refractivity (Wildman–Crippen MR) is 101 cm³/mol. The second-order valence-corrected chi connectivity index (χ2v) is 6.73. The fourth-order valence-electron chi connectivity index (χ4n) is 3.47. The molecule has 0 aromatic heterocycles. The van der Waals surface area contributed by atoms with Gasteiger partial charge in [0.25, 0.3) is 0 Å². The summed E-state index contributed by atoms with van der Waals surface area (Å²) >= 11 is 0. The van der Waals surface area contributed by atoms with Gasteiger partial charge in [-0.25, -0.2) is 0 Å². The highest BCUT2D eigenvalue weighted by molar-refractivity contribution is 6.14. The number of nitrogens with one attached hydrogen (secondary N) is 1. The van der Waals surface area contributed by atoms with Crippen molar-refractivity contribution >= 4 is 11.8 Å². The van der Waals surface area contributed by atoms with Gasteiger partial charge in [-0.2, -0.15) is 0 Å². The fourth-order valence-corrected chi connectivity index (χ4v) is 3.47. The number of fused-ring (bicyclic) bond motifs is 1. The molecule has 1 aliphatic rings. The Balaban J connectivity index is 2.24. The lowest BCUT2D eigenvalue weighted by Crippen LogP contribution is -2.33. The SMILES string of the molecule is COC(=O)[C@@H]1c2ccccc2C(=O)/C(=C\NC(C)C)[C@@H]1c1ccccc1. The highest BCUT2D eigenvalue weighted by Crippen LogP contribution is 2.45. The number of benzene rings is 2. The molecule has 0 saturated carbocycles. The maximum absolute atomic E-state index is 13.2. The number of allylic oxidation sites excluding steroid dienone is 1. The van der Waals surface area contributed by atoms with E-state index in [0.29, 0.717) is 11.1 Å². The minimum absolute atomic E-state index is 0.0530. The highest BCUT2D eigenvalue weighted by atomic mass is 16.5. The monoisotopic (exact) mass is 349 g/mol. The number of rotatable bonds is 4. The Bertz CT molecular complexity index is 839. The lowest BCUT2D eigenvalue weighted by molar-refractivity contribution is -0.142. The minimum atomic E-state index is -0.559. The van der Waals surface area contributed by atoms with Gasteiger partial charge in [0.2, 0.25) is 0 Å². The molecule has 0 aliphatic heterocycles. The van der Waals surface area contributed by atoms with Crippen LogP contribution in [0, 0.1) is 0 Å². The Morgan fingerprint density at radius 2 is 1.73 bits per heavy atom. The summed E-state index contributed by atoms with van der Waals surface area (Å²) in [5.41, 5.74) is 2.79. The Labute approximate surface area is 153 Å². The maximum Gasteiger partial charge on any atom is 0.314 e. The summed E-state index contributed by atoms with van der Waals surface area (Å²) in [5, 5.41) is 3.22. The van der Waals surface area contributed by atoms with E-state index < -0.39 is 11.8 Å². The molecule has 134 valence electrons. The number of carbonyl (C=O) groups is 2. The van der Waals surface area contributed by atoms with Crippen LogP contribution in [0.2, 0.25) is 0 Å². The van der Waals surface area contributed by atoms with Gasteiger partial charge in [0.15, 0.2) is 5.78 Å². The molecule has 0 unspecified atom stereocenters. The predicted octanol–water partition coefficient (Wildman–Crippen LogP) is 3.81. The van der Waals surface area contributed by atoms with Gasteiger partial charge >= 0.3 is 5.97 Å². The second kappa shape index (κ2) is 7.56. The standard InChI is InChI=1S/C22H23NO3/c1-14(2)23-13-18-19(15-9-5-4-6-10-15)20(22(25)26-3)16-11-7-8-12-17(16)21(18)24/h4-14,19-20,23H,1-3H3/b18-13-/t19-,20+/m0/s1. The number of ketones is 1. The van der Waals surface area contributed by atoms with Crippen LogP contribution in [-0.2, 0) is 9.53 Å². The van der Waals surface area contributed by atoms with Crippen molar-refractivity contribution in [3.63, 3.8) is 0 Å². The van der Waals surface area contributed by atoms with E-state index in [1.54, 1.807) is 12.3 Å². The van der Waals surface area contributed by atoms with Crippen LogP contribution in [0.3, 0.4) is 0 Å². The van der Waals surface area contributed by atoms with E-state index in [2.05, 4.69) is 5.32 Å². The number of ether oxygens (including phenoxy) is 1. The van der Waals surface area contributed by atoms with Gasteiger partial charge in [0.05, 0.1) is 13.0 Å². The molecule has 3 rings (SSSR count). The molecule has 26 heavy (non-hydrogen) atoms. The first-order valence-corrected chi connectivity index (χ1v) is 8.77. The van der Waals surface area contributed by atoms with Crippen LogP contribution in [0.4, 0.5) is 0 Å². The molecule has 4 nitrogen and oxygen atoms in total. The molecule has 0 bridgehead atoms. The van der Waals surface area contributed by atoms with Crippen LogP contribution in [-0.4, -0.2) is 24.9 Å². The van der Waals surface area contributed by atoms with E-state index in [0.717, 1.165) is 11.1 Å². The first-order valence-electron chi connectivity index (χ1n) is 8.77. The van der Waals surface area contributed by atoms with Gasteiger partial charge < -0.3 is 10.1 Å². The fraction of sp³-hybridized carbons (Fsp3) is 0.273. The molecule has 2 atom stereocenters. The largest absolute Gasteiger partial charge is 0.469 e. The average molecular weight is 349 g/mol. The van der Waals surface area contributed by atoms with E-state index in [1.165, 1.54) is 7.11 Å². The van der Waals surface area contributed by atoms with Gasteiger partial charge in [0, 0.05) is 29.3 Å². The van der Waals surface area contributed by atoms with Crippen molar-refractivity contribution in [2.75, 3.05) is 7.11 Å². The second-order valence-electron chi connectivity index (χ2n) is 6.73. The molecule has 0 saturated heterocycles. The van der Waals surface area contributed by atoms with Crippen molar-refractivity contribution in [1.82, 2.24) is 5.32 Å². The lowest BCUT2D eigenvalue weighted by Gasteiger charge is -2.33. The smallest absolute Gasteiger partial charge is 0.314 e. The van der Waals surface area contributed by atoms with Crippen LogP contribution in [0.25, 0.3) is 0 Å². The quantitative estimate of drug-likeness (QED) is 0.674. The number of methoxy groups -OCH3 is 1. The molecule has 0 radical (unpaired) electrons. The summed E-state index contributed by atoms with van der Waals surface area (Å²) in [4.78, 5) is 25.9. The summed E-state index contributed by atoms with van der Waals surface area (Å²) in [5.74, 6) is -1.34. The third-order valence-electron chi connectivity index (χ3n) is 4.66. The molecule has 0 spiro atoms. The minimum Gasteiger partial charge on any atom is -0.469 e. The van der Waals surface area contributed by atoms with Crippen molar-refractivity contribution in [3.8, 4) is 0 Å². The molecule has 0 fully saturated rings. The zero-order valence-corrected chi connectivity index (χ0v) is 15.2. The van der Waals surface area contributed by atoms with Crippen molar-refractivity contribution in [2.45, 2.75) is 31.7 Å². The number of hydrogen-bond acceptors (Lipinski definition) is 4. The third kappa shape index (κ3) is 3.27. The van der Waals surface area contributed by atoms with E-state index in [1.807, 2.05) is 62.4 Å². The van der Waals surface area contributed by atoms with E-state index in [4.69, 9.17) is 4.74 Å². The Morgan fingerprint density at radius 1 is 1.08 bits per heavy atom. The summed E-state index contributed by atoms with van der Waals surface area (Å²) in [6, 6.07) is 17.1. The van der Waals surface area contributed by atoms with Crippen LogP contribution in [0.1, 0.15) is 47.2 Å². The average Bonchev–Trinajstić information content (AvgIpc) is 2.67. The third-order valence-corrected chi connectivity index (χ3v) is 4.66. The van der Waals surface area contributed by atoms with Gasteiger partial charge in [0.1, 0.15) is 0 Å². The Kier molecular flexibility index (Phi) is 5.21. The molecule has 2 aromatic carbocycles. The molecule has 2 aromatic rings.